The molecular formula is C12H20BrNO. The molecule has 86 valence electrons. The highest BCUT2D eigenvalue weighted by Crippen LogP contribution is 2.47. The molecule has 1 saturated heterocycles. The second-order valence-electron chi connectivity index (χ2n) is 5.38. The van der Waals surface area contributed by atoms with Crippen LogP contribution in [0.25, 0.3) is 0 Å². The fourth-order valence-electron chi connectivity index (χ4n) is 2.26. The van der Waals surface area contributed by atoms with Gasteiger partial charge in [-0.1, -0.05) is 22.9 Å². The Balaban J connectivity index is 1.92. The Morgan fingerprint density at radius 2 is 2.20 bits per heavy atom. The van der Waals surface area contributed by atoms with Crippen LogP contribution in [0.15, 0.2) is 0 Å². The molecule has 0 radical (unpaired) electrons. The predicted octanol–water partition coefficient (Wildman–Crippen LogP) is 2.81. The van der Waals surface area contributed by atoms with Crippen molar-refractivity contribution >= 4 is 21.8 Å². The molecule has 3 heteroatoms. The van der Waals surface area contributed by atoms with E-state index in [-0.39, 0.29) is 0 Å². The van der Waals surface area contributed by atoms with Crippen molar-refractivity contribution in [2.75, 3.05) is 18.4 Å². The van der Waals surface area contributed by atoms with Crippen molar-refractivity contribution in [2.24, 2.45) is 11.3 Å². The Morgan fingerprint density at radius 3 is 2.80 bits per heavy atom. The number of hydrogen-bond acceptors (Lipinski definition) is 1. The summed E-state index contributed by atoms with van der Waals surface area (Å²) in [6, 6.07) is 0. The minimum absolute atomic E-state index is 0.381. The molecule has 0 spiro atoms. The van der Waals surface area contributed by atoms with Crippen LogP contribution < -0.4 is 0 Å². The molecule has 2 nitrogen and oxygen atoms in total. The van der Waals surface area contributed by atoms with Crippen LogP contribution in [-0.2, 0) is 4.79 Å². The lowest BCUT2D eigenvalue weighted by atomic mass is 10.0. The first-order valence-corrected chi connectivity index (χ1v) is 7.11. The zero-order valence-electron chi connectivity index (χ0n) is 9.47. The number of carbonyl (C=O) groups is 1. The number of alkyl halides is 1. The maximum absolute atomic E-state index is 11.9. The van der Waals surface area contributed by atoms with E-state index in [9.17, 15) is 4.79 Å². The Labute approximate surface area is 101 Å². The van der Waals surface area contributed by atoms with Crippen LogP contribution in [0.3, 0.4) is 0 Å². The molecule has 1 aliphatic heterocycles. The third-order valence-electron chi connectivity index (χ3n) is 3.86. The standard InChI is InChI=1S/C12H20BrNO/c1-10-2-3-11(15)14(7-4-10)9-12(8-13)5-6-12/h10H,2-9H2,1H3. The summed E-state index contributed by atoms with van der Waals surface area (Å²) in [7, 11) is 0. The largest absolute Gasteiger partial charge is 0.342 e. The van der Waals surface area contributed by atoms with Crippen LogP contribution in [0, 0.1) is 11.3 Å². The molecule has 2 aliphatic rings. The second kappa shape index (κ2) is 4.44. The van der Waals surface area contributed by atoms with Gasteiger partial charge in [-0.05, 0) is 37.0 Å². The van der Waals surface area contributed by atoms with Gasteiger partial charge >= 0.3 is 0 Å². The molecule has 2 fully saturated rings. The van der Waals surface area contributed by atoms with Crippen LogP contribution in [-0.4, -0.2) is 29.2 Å². The molecule has 1 amide bonds. The molecular weight excluding hydrogens is 254 g/mol. The van der Waals surface area contributed by atoms with E-state index >= 15 is 0 Å². The van der Waals surface area contributed by atoms with E-state index < -0.39 is 0 Å². The first-order chi connectivity index (χ1) is 7.15. The zero-order valence-corrected chi connectivity index (χ0v) is 11.1. The molecule has 1 aliphatic carbocycles. The monoisotopic (exact) mass is 273 g/mol. The van der Waals surface area contributed by atoms with E-state index in [4.69, 9.17) is 0 Å². The van der Waals surface area contributed by atoms with Crippen molar-refractivity contribution in [3.8, 4) is 0 Å². The van der Waals surface area contributed by atoms with Crippen LogP contribution >= 0.6 is 15.9 Å². The summed E-state index contributed by atoms with van der Waals surface area (Å²) >= 11 is 3.57. The SMILES string of the molecule is CC1CCC(=O)N(CC2(CBr)CC2)CC1. The van der Waals surface area contributed by atoms with Crippen molar-refractivity contribution in [2.45, 2.75) is 39.0 Å². The van der Waals surface area contributed by atoms with Gasteiger partial charge in [0.25, 0.3) is 0 Å². The summed E-state index contributed by atoms with van der Waals surface area (Å²) in [5.74, 6) is 1.10. The number of carbonyl (C=O) groups excluding carboxylic acids is 1. The molecule has 0 aromatic heterocycles. The number of rotatable bonds is 3. The highest BCUT2D eigenvalue weighted by Gasteiger charge is 2.43. The van der Waals surface area contributed by atoms with Crippen LogP contribution in [0.5, 0.6) is 0 Å². The molecule has 0 aromatic carbocycles. The summed E-state index contributed by atoms with van der Waals surface area (Å²) in [5.41, 5.74) is 0.434. The van der Waals surface area contributed by atoms with Gasteiger partial charge in [-0.2, -0.15) is 0 Å². The average molecular weight is 274 g/mol. The molecule has 1 saturated carbocycles. The lowest BCUT2D eigenvalue weighted by Gasteiger charge is -2.25. The van der Waals surface area contributed by atoms with Gasteiger partial charge in [0.2, 0.25) is 5.91 Å². The third kappa shape index (κ3) is 2.74. The molecule has 1 atom stereocenters. The average Bonchev–Trinajstić information content (AvgIpc) is 3.01. The van der Waals surface area contributed by atoms with Crippen molar-refractivity contribution in [3.05, 3.63) is 0 Å². The van der Waals surface area contributed by atoms with E-state index in [1.54, 1.807) is 0 Å². The minimum Gasteiger partial charge on any atom is -0.342 e. The van der Waals surface area contributed by atoms with Gasteiger partial charge in [-0.25, -0.2) is 0 Å². The lowest BCUT2D eigenvalue weighted by Crippen LogP contribution is -2.36. The quantitative estimate of drug-likeness (QED) is 0.725. The maximum Gasteiger partial charge on any atom is 0.222 e. The van der Waals surface area contributed by atoms with Gasteiger partial charge < -0.3 is 4.90 Å². The van der Waals surface area contributed by atoms with E-state index in [0.29, 0.717) is 11.3 Å². The van der Waals surface area contributed by atoms with Gasteiger partial charge in [0, 0.05) is 24.8 Å². The Bertz CT molecular complexity index is 250. The Kier molecular flexibility index (Phi) is 3.39. The number of hydrogen-bond donors (Lipinski definition) is 0. The van der Waals surface area contributed by atoms with Crippen LogP contribution in [0.4, 0.5) is 0 Å². The van der Waals surface area contributed by atoms with Crippen molar-refractivity contribution in [1.29, 1.82) is 0 Å². The smallest absolute Gasteiger partial charge is 0.222 e. The van der Waals surface area contributed by atoms with E-state index in [2.05, 4.69) is 27.8 Å². The van der Waals surface area contributed by atoms with Gasteiger partial charge in [0.15, 0.2) is 0 Å². The van der Waals surface area contributed by atoms with Gasteiger partial charge in [0.1, 0.15) is 0 Å². The maximum atomic E-state index is 11.9. The highest BCUT2D eigenvalue weighted by molar-refractivity contribution is 9.09. The number of likely N-dealkylation sites (tertiary alicyclic amines) is 1. The third-order valence-corrected chi connectivity index (χ3v) is 5.05. The van der Waals surface area contributed by atoms with Crippen molar-refractivity contribution in [3.63, 3.8) is 0 Å². The van der Waals surface area contributed by atoms with E-state index in [0.717, 1.165) is 37.2 Å². The number of amides is 1. The van der Waals surface area contributed by atoms with Crippen LogP contribution in [0.1, 0.15) is 39.0 Å². The summed E-state index contributed by atoms with van der Waals surface area (Å²) in [6.07, 6.45) is 5.61. The van der Waals surface area contributed by atoms with E-state index in [1.165, 1.54) is 19.3 Å². The lowest BCUT2D eigenvalue weighted by molar-refractivity contribution is -0.131. The summed E-state index contributed by atoms with van der Waals surface area (Å²) < 4.78 is 0. The summed E-state index contributed by atoms with van der Waals surface area (Å²) in [6.45, 7) is 4.23. The molecule has 0 bridgehead atoms. The Hall–Kier alpha value is -0.0500. The predicted molar refractivity (Wildman–Crippen MR) is 65.1 cm³/mol. The van der Waals surface area contributed by atoms with Gasteiger partial charge in [-0.15, -0.1) is 0 Å². The topological polar surface area (TPSA) is 20.3 Å². The molecule has 1 heterocycles. The zero-order chi connectivity index (χ0) is 10.9. The molecule has 2 rings (SSSR count). The van der Waals surface area contributed by atoms with Gasteiger partial charge in [0.05, 0.1) is 0 Å². The number of nitrogens with zero attached hydrogens (tertiary/aromatic N) is 1. The fourth-order valence-corrected chi connectivity index (χ4v) is 2.99. The molecule has 1 unspecified atom stereocenters. The molecule has 15 heavy (non-hydrogen) atoms. The highest BCUT2D eigenvalue weighted by atomic mass is 79.9. The minimum atomic E-state index is 0.381. The normalized spacial score (nSPS) is 30.1. The van der Waals surface area contributed by atoms with Crippen LogP contribution in [0.2, 0.25) is 0 Å². The first kappa shape index (κ1) is 11.4. The first-order valence-electron chi connectivity index (χ1n) is 5.99. The van der Waals surface area contributed by atoms with Gasteiger partial charge in [-0.3, -0.25) is 4.79 Å². The van der Waals surface area contributed by atoms with Crippen molar-refractivity contribution < 1.29 is 4.79 Å². The summed E-state index contributed by atoms with van der Waals surface area (Å²) in [4.78, 5) is 14.0. The number of halogens is 1. The summed E-state index contributed by atoms with van der Waals surface area (Å²) in [5, 5.41) is 1.05. The van der Waals surface area contributed by atoms with Crippen molar-refractivity contribution in [1.82, 2.24) is 4.90 Å². The molecule has 0 N–H and O–H groups in total. The second-order valence-corrected chi connectivity index (χ2v) is 5.94. The van der Waals surface area contributed by atoms with E-state index in [1.807, 2.05) is 0 Å². The fraction of sp³-hybridized carbons (Fsp3) is 0.917. The molecule has 0 aromatic rings. The Morgan fingerprint density at radius 1 is 1.47 bits per heavy atom.